The molecule has 0 unspecified atom stereocenters. The molecule has 0 aromatic carbocycles. The Morgan fingerprint density at radius 3 is 1.86 bits per heavy atom. The Kier molecular flexibility index (Phi) is 2.00. The lowest BCUT2D eigenvalue weighted by atomic mass is 9.93. The maximum atomic E-state index is 6.73. The molecule has 0 saturated heterocycles. The van der Waals surface area contributed by atoms with Crippen molar-refractivity contribution in [3.05, 3.63) is 0 Å². The molecule has 0 fully saturated rings. The smallest absolute Gasteiger partial charge is 0.00425 e. The summed E-state index contributed by atoms with van der Waals surface area (Å²) in [6, 6.07) is 0. The lowest BCUT2D eigenvalue weighted by molar-refractivity contribution is 0.437. The molecule has 0 aromatic rings. The van der Waals surface area contributed by atoms with Gasteiger partial charge in [0.2, 0.25) is 0 Å². The lowest BCUT2D eigenvalue weighted by Crippen LogP contribution is -2.03. The monoisotopic (exact) mass is 99.1 g/mol. The van der Waals surface area contributed by atoms with E-state index in [-0.39, 0.29) is 0 Å². The average molecular weight is 99.2 g/mol. The van der Waals surface area contributed by atoms with E-state index in [1.54, 1.807) is 0 Å². The van der Waals surface area contributed by atoms with Crippen molar-refractivity contribution in [2.75, 3.05) is 0 Å². The average Bonchev–Trinajstić information content (AvgIpc) is 1.30. The lowest BCUT2D eigenvalue weighted by Gasteiger charge is -2.12. The molecule has 0 rings (SSSR count). The molecular formula is C6H13N. The zero-order valence-electron chi connectivity index (χ0n) is 5.28. The molecule has 0 aliphatic heterocycles. The third-order valence-electron chi connectivity index (χ3n) is 0.714. The van der Waals surface area contributed by atoms with E-state index in [1.165, 1.54) is 6.21 Å². The summed E-state index contributed by atoms with van der Waals surface area (Å²) in [5.41, 5.74) is 0.307. The third-order valence-corrected chi connectivity index (χ3v) is 0.714. The molecule has 0 amide bonds. The van der Waals surface area contributed by atoms with Crippen LogP contribution in [-0.4, -0.2) is 6.21 Å². The fourth-order valence-electron chi connectivity index (χ4n) is 0.306. The molecule has 0 radical (unpaired) electrons. The van der Waals surface area contributed by atoms with Crippen LogP contribution in [0.2, 0.25) is 0 Å². The van der Waals surface area contributed by atoms with Crippen molar-refractivity contribution in [2.45, 2.75) is 27.2 Å². The van der Waals surface area contributed by atoms with Crippen LogP contribution in [0.3, 0.4) is 0 Å². The first-order valence-corrected chi connectivity index (χ1v) is 2.55. The highest BCUT2D eigenvalue weighted by Gasteiger charge is 2.05. The molecule has 1 N–H and O–H groups in total. The molecule has 42 valence electrons. The van der Waals surface area contributed by atoms with Gasteiger partial charge in [0, 0.05) is 0 Å². The first kappa shape index (κ1) is 6.67. The van der Waals surface area contributed by atoms with Crippen LogP contribution in [-0.2, 0) is 0 Å². The molecule has 0 aliphatic carbocycles. The fourth-order valence-corrected chi connectivity index (χ4v) is 0.306. The summed E-state index contributed by atoms with van der Waals surface area (Å²) in [5.74, 6) is 0. The van der Waals surface area contributed by atoms with Crippen molar-refractivity contribution in [1.82, 2.24) is 0 Å². The van der Waals surface area contributed by atoms with Gasteiger partial charge in [-0.1, -0.05) is 20.8 Å². The van der Waals surface area contributed by atoms with Crippen molar-refractivity contribution in [3.63, 3.8) is 0 Å². The molecule has 1 nitrogen and oxygen atoms in total. The van der Waals surface area contributed by atoms with Crippen molar-refractivity contribution >= 4 is 6.21 Å². The van der Waals surface area contributed by atoms with E-state index < -0.39 is 0 Å². The van der Waals surface area contributed by atoms with Gasteiger partial charge in [-0.2, -0.15) is 0 Å². The van der Waals surface area contributed by atoms with Crippen LogP contribution in [0.1, 0.15) is 27.2 Å². The number of hydrogen-bond acceptors (Lipinski definition) is 1. The quantitative estimate of drug-likeness (QED) is 0.486. The van der Waals surface area contributed by atoms with Crippen LogP contribution in [0.15, 0.2) is 0 Å². The van der Waals surface area contributed by atoms with E-state index in [1.807, 2.05) is 0 Å². The minimum Gasteiger partial charge on any atom is -0.313 e. The van der Waals surface area contributed by atoms with Gasteiger partial charge in [-0.05, 0) is 18.1 Å². The highest BCUT2D eigenvalue weighted by atomic mass is 14.3. The molecule has 0 aliphatic rings. The van der Waals surface area contributed by atoms with Crippen LogP contribution in [0, 0.1) is 10.8 Å². The minimum atomic E-state index is 0.307. The van der Waals surface area contributed by atoms with Gasteiger partial charge in [0.25, 0.3) is 0 Å². The standard InChI is InChI=1S/C6H13N/c1-6(2,3)4-5-7/h5,7H,4H2,1-3H3. The normalized spacial score (nSPS) is 11.3. The maximum Gasteiger partial charge on any atom is -0.00425 e. The first-order chi connectivity index (χ1) is 3.06. The summed E-state index contributed by atoms with van der Waals surface area (Å²) in [5, 5.41) is 6.73. The van der Waals surface area contributed by atoms with E-state index in [2.05, 4.69) is 20.8 Å². The van der Waals surface area contributed by atoms with Crippen molar-refractivity contribution in [3.8, 4) is 0 Å². The summed E-state index contributed by atoms with van der Waals surface area (Å²) in [6.45, 7) is 6.37. The second-order valence-corrected chi connectivity index (χ2v) is 2.97. The zero-order valence-corrected chi connectivity index (χ0v) is 5.28. The largest absolute Gasteiger partial charge is 0.313 e. The van der Waals surface area contributed by atoms with Gasteiger partial charge in [-0.25, -0.2) is 0 Å². The Hall–Kier alpha value is -0.330. The Morgan fingerprint density at radius 1 is 1.43 bits per heavy atom. The Balaban J connectivity index is 3.34. The van der Waals surface area contributed by atoms with Gasteiger partial charge < -0.3 is 5.41 Å². The van der Waals surface area contributed by atoms with Crippen LogP contribution in [0.5, 0.6) is 0 Å². The van der Waals surface area contributed by atoms with Gasteiger partial charge in [0.05, 0.1) is 0 Å². The predicted octanol–water partition coefficient (Wildman–Crippen LogP) is 2.07. The molecule has 7 heavy (non-hydrogen) atoms. The summed E-state index contributed by atoms with van der Waals surface area (Å²) in [7, 11) is 0. The van der Waals surface area contributed by atoms with Gasteiger partial charge >= 0.3 is 0 Å². The number of nitrogens with one attached hydrogen (secondary N) is 1. The van der Waals surface area contributed by atoms with Crippen LogP contribution >= 0.6 is 0 Å². The maximum absolute atomic E-state index is 6.73. The Bertz CT molecular complexity index is 59.1. The topological polar surface area (TPSA) is 23.9 Å². The van der Waals surface area contributed by atoms with Gasteiger partial charge in [-0.15, -0.1) is 0 Å². The molecule has 0 spiro atoms. The van der Waals surface area contributed by atoms with Crippen LogP contribution in [0.25, 0.3) is 0 Å². The molecule has 0 saturated carbocycles. The summed E-state index contributed by atoms with van der Waals surface area (Å²) >= 11 is 0. The third kappa shape index (κ3) is 5.67. The minimum absolute atomic E-state index is 0.307. The second kappa shape index (κ2) is 2.10. The molecular weight excluding hydrogens is 86.1 g/mol. The van der Waals surface area contributed by atoms with Crippen molar-refractivity contribution < 1.29 is 0 Å². The van der Waals surface area contributed by atoms with Gasteiger partial charge in [0.15, 0.2) is 0 Å². The van der Waals surface area contributed by atoms with Gasteiger partial charge in [-0.3, -0.25) is 0 Å². The van der Waals surface area contributed by atoms with Crippen molar-refractivity contribution in [2.24, 2.45) is 5.41 Å². The summed E-state index contributed by atoms with van der Waals surface area (Å²) in [6.07, 6.45) is 2.34. The molecule has 0 atom stereocenters. The van der Waals surface area contributed by atoms with E-state index in [4.69, 9.17) is 5.41 Å². The van der Waals surface area contributed by atoms with E-state index in [0.29, 0.717) is 5.41 Å². The molecule has 0 aromatic heterocycles. The Morgan fingerprint density at radius 2 is 1.86 bits per heavy atom. The highest BCUT2D eigenvalue weighted by Crippen LogP contribution is 2.15. The van der Waals surface area contributed by atoms with E-state index in [9.17, 15) is 0 Å². The van der Waals surface area contributed by atoms with Crippen LogP contribution < -0.4 is 0 Å². The second-order valence-electron chi connectivity index (χ2n) is 2.97. The SMILES string of the molecule is CC(C)(C)CC=N. The molecule has 1 heteroatoms. The van der Waals surface area contributed by atoms with E-state index in [0.717, 1.165) is 6.42 Å². The fraction of sp³-hybridized carbons (Fsp3) is 0.833. The number of hydrogen-bond donors (Lipinski definition) is 1. The molecule has 0 bridgehead atoms. The zero-order chi connectivity index (χ0) is 5.91. The van der Waals surface area contributed by atoms with Gasteiger partial charge in [0.1, 0.15) is 0 Å². The Labute approximate surface area is 45.2 Å². The van der Waals surface area contributed by atoms with E-state index >= 15 is 0 Å². The molecule has 0 heterocycles. The highest BCUT2D eigenvalue weighted by molar-refractivity contribution is 5.53. The first-order valence-electron chi connectivity index (χ1n) is 2.55. The van der Waals surface area contributed by atoms with Crippen molar-refractivity contribution in [1.29, 1.82) is 5.41 Å². The summed E-state index contributed by atoms with van der Waals surface area (Å²) < 4.78 is 0. The van der Waals surface area contributed by atoms with Crippen LogP contribution in [0.4, 0.5) is 0 Å². The summed E-state index contributed by atoms with van der Waals surface area (Å²) in [4.78, 5) is 0. The number of rotatable bonds is 1. The predicted molar refractivity (Wildman–Crippen MR) is 32.9 cm³/mol.